The Morgan fingerprint density at radius 1 is 1.47 bits per heavy atom. The predicted octanol–water partition coefficient (Wildman–Crippen LogP) is 2.02. The van der Waals surface area contributed by atoms with Crippen LogP contribution in [0.4, 0.5) is 5.69 Å². The molecule has 0 atom stereocenters. The molecule has 1 aromatic carbocycles. The third-order valence-electron chi connectivity index (χ3n) is 3.07. The standard InChI is InChI=1S/C12H15NO2/c1-12(2,11(14)15)9-3-4-10-8(7-9)5-6-13-10/h3-4,7,13H,5-6H2,1-2H3,(H,14,15). The number of hydrogen-bond acceptors (Lipinski definition) is 2. The van der Waals surface area contributed by atoms with Crippen LogP contribution in [0.1, 0.15) is 25.0 Å². The van der Waals surface area contributed by atoms with Crippen LogP contribution in [0, 0.1) is 0 Å². The zero-order chi connectivity index (χ0) is 11.1. The molecular formula is C12H15NO2. The van der Waals surface area contributed by atoms with Crippen LogP contribution >= 0.6 is 0 Å². The first-order valence-corrected chi connectivity index (χ1v) is 5.12. The van der Waals surface area contributed by atoms with Crippen LogP contribution in [0.15, 0.2) is 18.2 Å². The zero-order valence-electron chi connectivity index (χ0n) is 9.00. The Bertz CT molecular complexity index is 410. The fourth-order valence-corrected chi connectivity index (χ4v) is 1.82. The fraction of sp³-hybridized carbons (Fsp3) is 0.417. The number of fused-ring (bicyclic) bond motifs is 1. The van der Waals surface area contributed by atoms with Crippen molar-refractivity contribution in [2.45, 2.75) is 25.7 Å². The molecule has 1 aromatic rings. The summed E-state index contributed by atoms with van der Waals surface area (Å²) in [7, 11) is 0. The number of carbonyl (C=O) groups is 1. The monoisotopic (exact) mass is 205 g/mol. The number of rotatable bonds is 2. The lowest BCUT2D eigenvalue weighted by Crippen LogP contribution is -2.28. The molecule has 1 aliphatic heterocycles. The highest BCUT2D eigenvalue weighted by atomic mass is 16.4. The number of carboxylic acid groups (broad SMARTS) is 1. The second-order valence-corrected chi connectivity index (χ2v) is 4.48. The average molecular weight is 205 g/mol. The molecule has 0 aliphatic carbocycles. The number of carboxylic acids is 1. The Morgan fingerprint density at radius 3 is 2.87 bits per heavy atom. The molecule has 2 N–H and O–H groups in total. The molecule has 0 bridgehead atoms. The summed E-state index contributed by atoms with van der Waals surface area (Å²) < 4.78 is 0. The summed E-state index contributed by atoms with van der Waals surface area (Å²) in [4.78, 5) is 11.1. The van der Waals surface area contributed by atoms with E-state index in [-0.39, 0.29) is 0 Å². The lowest BCUT2D eigenvalue weighted by atomic mass is 9.84. The molecule has 3 heteroatoms. The summed E-state index contributed by atoms with van der Waals surface area (Å²) in [5.41, 5.74) is 2.43. The number of nitrogens with one attached hydrogen (secondary N) is 1. The smallest absolute Gasteiger partial charge is 0.313 e. The van der Waals surface area contributed by atoms with Crippen LogP contribution in [0.5, 0.6) is 0 Å². The van der Waals surface area contributed by atoms with Crippen LogP contribution < -0.4 is 5.32 Å². The Labute approximate surface area is 89.1 Å². The molecule has 80 valence electrons. The van der Waals surface area contributed by atoms with Crippen molar-refractivity contribution >= 4 is 11.7 Å². The molecule has 0 amide bonds. The Morgan fingerprint density at radius 2 is 2.20 bits per heavy atom. The van der Waals surface area contributed by atoms with E-state index in [0.717, 1.165) is 24.2 Å². The molecule has 0 saturated carbocycles. The van der Waals surface area contributed by atoms with Crippen molar-refractivity contribution in [2.75, 3.05) is 11.9 Å². The molecule has 0 saturated heterocycles. The van der Waals surface area contributed by atoms with Gasteiger partial charge >= 0.3 is 5.97 Å². The van der Waals surface area contributed by atoms with Crippen LogP contribution in [-0.4, -0.2) is 17.6 Å². The van der Waals surface area contributed by atoms with Gasteiger partial charge in [-0.3, -0.25) is 4.79 Å². The fourth-order valence-electron chi connectivity index (χ4n) is 1.82. The quantitative estimate of drug-likeness (QED) is 0.776. The van der Waals surface area contributed by atoms with Gasteiger partial charge in [0.05, 0.1) is 5.41 Å². The van der Waals surface area contributed by atoms with Crippen molar-refractivity contribution in [1.29, 1.82) is 0 Å². The average Bonchev–Trinajstić information content (AvgIpc) is 2.63. The second kappa shape index (κ2) is 3.26. The zero-order valence-corrected chi connectivity index (χ0v) is 9.00. The molecule has 0 aromatic heterocycles. The maximum Gasteiger partial charge on any atom is 0.313 e. The van der Waals surface area contributed by atoms with E-state index in [0.29, 0.717) is 0 Å². The Balaban J connectivity index is 2.42. The first-order chi connectivity index (χ1) is 7.01. The molecule has 0 radical (unpaired) electrons. The lowest BCUT2D eigenvalue weighted by Gasteiger charge is -2.20. The van der Waals surface area contributed by atoms with Gasteiger partial charge in [0.25, 0.3) is 0 Å². The van der Waals surface area contributed by atoms with Gasteiger partial charge in [-0.25, -0.2) is 0 Å². The number of aliphatic carboxylic acids is 1. The molecule has 0 fully saturated rings. The maximum atomic E-state index is 11.1. The summed E-state index contributed by atoms with van der Waals surface area (Å²) in [5, 5.41) is 12.4. The second-order valence-electron chi connectivity index (χ2n) is 4.48. The summed E-state index contributed by atoms with van der Waals surface area (Å²) in [6, 6.07) is 5.87. The topological polar surface area (TPSA) is 49.3 Å². The van der Waals surface area contributed by atoms with Crippen LogP contribution in [-0.2, 0) is 16.6 Å². The van der Waals surface area contributed by atoms with E-state index in [1.54, 1.807) is 13.8 Å². The van der Waals surface area contributed by atoms with E-state index in [2.05, 4.69) is 5.32 Å². The predicted molar refractivity (Wildman–Crippen MR) is 59.3 cm³/mol. The van der Waals surface area contributed by atoms with Crippen LogP contribution in [0.25, 0.3) is 0 Å². The molecular weight excluding hydrogens is 190 g/mol. The van der Waals surface area contributed by atoms with Gasteiger partial charge in [-0.05, 0) is 37.5 Å². The van der Waals surface area contributed by atoms with Crippen molar-refractivity contribution in [3.05, 3.63) is 29.3 Å². The number of anilines is 1. The first-order valence-electron chi connectivity index (χ1n) is 5.12. The highest BCUT2D eigenvalue weighted by Gasteiger charge is 2.30. The van der Waals surface area contributed by atoms with E-state index in [4.69, 9.17) is 5.11 Å². The maximum absolute atomic E-state index is 11.1. The third-order valence-corrected chi connectivity index (χ3v) is 3.07. The largest absolute Gasteiger partial charge is 0.481 e. The minimum atomic E-state index is -0.808. The van der Waals surface area contributed by atoms with Crippen molar-refractivity contribution in [3.8, 4) is 0 Å². The van der Waals surface area contributed by atoms with E-state index in [1.165, 1.54) is 5.56 Å². The van der Waals surface area contributed by atoms with Crippen molar-refractivity contribution < 1.29 is 9.90 Å². The molecule has 1 aliphatic rings. The molecule has 0 unspecified atom stereocenters. The number of benzene rings is 1. The summed E-state index contributed by atoms with van der Waals surface area (Å²) >= 11 is 0. The Kier molecular flexibility index (Phi) is 2.18. The van der Waals surface area contributed by atoms with E-state index in [1.807, 2.05) is 18.2 Å². The molecule has 1 heterocycles. The Hall–Kier alpha value is -1.51. The van der Waals surface area contributed by atoms with Gasteiger partial charge in [0.15, 0.2) is 0 Å². The molecule has 0 spiro atoms. The molecule has 2 rings (SSSR count). The van der Waals surface area contributed by atoms with Crippen molar-refractivity contribution in [2.24, 2.45) is 0 Å². The minimum Gasteiger partial charge on any atom is -0.481 e. The van der Waals surface area contributed by atoms with Gasteiger partial charge in [0, 0.05) is 12.2 Å². The highest BCUT2D eigenvalue weighted by molar-refractivity contribution is 5.80. The summed E-state index contributed by atoms with van der Waals surface area (Å²) in [6.07, 6.45) is 0.985. The van der Waals surface area contributed by atoms with Gasteiger partial charge in [-0.2, -0.15) is 0 Å². The summed E-state index contributed by atoms with van der Waals surface area (Å²) in [5.74, 6) is -0.784. The third kappa shape index (κ3) is 1.58. The van der Waals surface area contributed by atoms with Gasteiger partial charge in [0.1, 0.15) is 0 Å². The van der Waals surface area contributed by atoms with Crippen LogP contribution in [0.2, 0.25) is 0 Å². The molecule has 15 heavy (non-hydrogen) atoms. The van der Waals surface area contributed by atoms with E-state index >= 15 is 0 Å². The van der Waals surface area contributed by atoms with Crippen molar-refractivity contribution in [1.82, 2.24) is 0 Å². The number of hydrogen-bond donors (Lipinski definition) is 2. The normalized spacial score (nSPS) is 14.5. The van der Waals surface area contributed by atoms with Gasteiger partial charge in [-0.15, -0.1) is 0 Å². The van der Waals surface area contributed by atoms with E-state index in [9.17, 15) is 4.79 Å². The lowest BCUT2D eigenvalue weighted by molar-refractivity contribution is -0.142. The SMILES string of the molecule is CC(C)(C(=O)O)c1ccc2c(c1)CCN2. The van der Waals surface area contributed by atoms with Crippen LogP contribution in [0.3, 0.4) is 0 Å². The first kappa shape index (κ1) is 10.0. The van der Waals surface area contributed by atoms with Gasteiger partial charge < -0.3 is 10.4 Å². The minimum absolute atomic E-state index is 0.784. The molecule has 3 nitrogen and oxygen atoms in total. The van der Waals surface area contributed by atoms with Gasteiger partial charge in [-0.1, -0.05) is 12.1 Å². The highest BCUT2D eigenvalue weighted by Crippen LogP contribution is 2.29. The van der Waals surface area contributed by atoms with Gasteiger partial charge in [0.2, 0.25) is 0 Å². The summed E-state index contributed by atoms with van der Waals surface area (Å²) in [6.45, 7) is 4.42. The van der Waals surface area contributed by atoms with Crippen molar-refractivity contribution in [3.63, 3.8) is 0 Å². The van der Waals surface area contributed by atoms with E-state index < -0.39 is 11.4 Å².